The lowest BCUT2D eigenvalue weighted by atomic mass is 10.3. The number of benzene rings is 1. The van der Waals surface area contributed by atoms with Crippen LogP contribution in [0.15, 0.2) is 29.2 Å². The van der Waals surface area contributed by atoms with Gasteiger partial charge in [0, 0.05) is 16.6 Å². The minimum Gasteiger partial charge on any atom is -0.334 e. The van der Waals surface area contributed by atoms with E-state index in [1.165, 1.54) is 12.1 Å². The van der Waals surface area contributed by atoms with Crippen LogP contribution in [0.25, 0.3) is 0 Å². The summed E-state index contributed by atoms with van der Waals surface area (Å²) < 4.78 is 47.1. The van der Waals surface area contributed by atoms with Crippen LogP contribution >= 0.6 is 11.8 Å². The normalized spacial score (nSPS) is 20.4. The number of amides is 2. The number of halogens is 2. The molecule has 9 heteroatoms. The van der Waals surface area contributed by atoms with Gasteiger partial charge in [-0.15, -0.1) is 0 Å². The second kappa shape index (κ2) is 6.61. The van der Waals surface area contributed by atoms with E-state index in [1.807, 2.05) is 0 Å². The summed E-state index contributed by atoms with van der Waals surface area (Å²) in [5.74, 6) is -2.53. The van der Waals surface area contributed by atoms with Gasteiger partial charge in [0.15, 0.2) is 9.84 Å². The fourth-order valence-corrected chi connectivity index (χ4v) is 4.24. The Labute approximate surface area is 125 Å². The highest BCUT2D eigenvalue weighted by Crippen LogP contribution is 2.27. The van der Waals surface area contributed by atoms with Gasteiger partial charge in [-0.25, -0.2) is 13.2 Å². The van der Waals surface area contributed by atoms with Crippen molar-refractivity contribution in [1.82, 2.24) is 5.32 Å². The van der Waals surface area contributed by atoms with Crippen LogP contribution in [0.3, 0.4) is 0 Å². The fourth-order valence-electron chi connectivity index (χ4n) is 2.01. The van der Waals surface area contributed by atoms with Crippen molar-refractivity contribution in [2.24, 2.45) is 0 Å². The summed E-state index contributed by atoms with van der Waals surface area (Å²) in [5.41, 5.74) is 0.374. The summed E-state index contributed by atoms with van der Waals surface area (Å²) in [7, 11) is -3.06. The first-order valence-electron chi connectivity index (χ1n) is 6.17. The molecule has 1 aromatic carbocycles. The molecule has 116 valence electrons. The van der Waals surface area contributed by atoms with Crippen LogP contribution < -0.4 is 10.6 Å². The Morgan fingerprint density at radius 1 is 1.38 bits per heavy atom. The van der Waals surface area contributed by atoms with E-state index in [0.29, 0.717) is 28.8 Å². The van der Waals surface area contributed by atoms with Crippen molar-refractivity contribution in [2.45, 2.75) is 23.1 Å². The minimum absolute atomic E-state index is 0.0678. The first-order valence-corrected chi connectivity index (χ1v) is 8.87. The van der Waals surface area contributed by atoms with Crippen LogP contribution in [0.5, 0.6) is 0 Å². The maximum absolute atomic E-state index is 12.3. The van der Waals surface area contributed by atoms with Crippen LogP contribution in [0.4, 0.5) is 19.3 Å². The molecule has 5 nitrogen and oxygen atoms in total. The Kier molecular flexibility index (Phi) is 5.04. The molecule has 1 saturated heterocycles. The van der Waals surface area contributed by atoms with Gasteiger partial charge in [-0.1, -0.05) is 17.8 Å². The van der Waals surface area contributed by atoms with Crippen molar-refractivity contribution in [3.8, 4) is 0 Å². The van der Waals surface area contributed by atoms with Gasteiger partial charge in [-0.2, -0.15) is 8.78 Å². The highest BCUT2D eigenvalue weighted by atomic mass is 32.2. The fraction of sp³-hybridized carbons (Fsp3) is 0.417. The zero-order valence-electron chi connectivity index (χ0n) is 10.9. The van der Waals surface area contributed by atoms with E-state index in [-0.39, 0.29) is 11.5 Å². The number of thioether (sulfide) groups is 1. The van der Waals surface area contributed by atoms with Gasteiger partial charge in [0.2, 0.25) is 0 Å². The molecule has 2 amide bonds. The summed E-state index contributed by atoms with van der Waals surface area (Å²) in [6, 6.07) is 5.12. The molecule has 2 N–H and O–H groups in total. The zero-order valence-corrected chi connectivity index (χ0v) is 12.5. The van der Waals surface area contributed by atoms with Crippen LogP contribution in [0, 0.1) is 0 Å². The van der Waals surface area contributed by atoms with Gasteiger partial charge >= 0.3 is 6.03 Å². The number of nitrogens with one attached hydrogen (secondary N) is 2. The Morgan fingerprint density at radius 3 is 2.76 bits per heavy atom. The quantitative estimate of drug-likeness (QED) is 0.828. The second-order valence-electron chi connectivity index (χ2n) is 4.60. The number of alkyl halides is 2. The summed E-state index contributed by atoms with van der Waals surface area (Å²) >= 11 is 0.388. The zero-order chi connectivity index (χ0) is 15.5. The lowest BCUT2D eigenvalue weighted by molar-refractivity contribution is 0.249. The number of carbonyl (C=O) groups excluding carboxylic acids is 1. The lowest BCUT2D eigenvalue weighted by Crippen LogP contribution is -2.38. The largest absolute Gasteiger partial charge is 0.334 e. The molecule has 0 bridgehead atoms. The smallest absolute Gasteiger partial charge is 0.319 e. The SMILES string of the molecule is O=C(Nc1cccc(SC(F)F)c1)NC1CCS(=O)(=O)C1. The van der Waals surface area contributed by atoms with Crippen LogP contribution in [0.2, 0.25) is 0 Å². The molecule has 21 heavy (non-hydrogen) atoms. The number of carbonyl (C=O) groups is 1. The number of anilines is 1. The standard InChI is InChI=1S/C12H14F2N2O3S2/c13-11(14)20-10-3-1-2-8(6-10)15-12(17)16-9-4-5-21(18,19)7-9/h1-3,6,9,11H,4-5,7H2,(H2,15,16,17). The number of rotatable bonds is 4. The maximum Gasteiger partial charge on any atom is 0.319 e. The van der Waals surface area contributed by atoms with E-state index < -0.39 is 27.7 Å². The van der Waals surface area contributed by atoms with Crippen molar-refractivity contribution in [1.29, 1.82) is 0 Å². The molecule has 0 spiro atoms. The molecule has 1 aliphatic rings. The average molecular weight is 336 g/mol. The monoisotopic (exact) mass is 336 g/mol. The third kappa shape index (κ3) is 5.16. The molecule has 0 saturated carbocycles. The Bertz CT molecular complexity index is 623. The molecule has 1 unspecified atom stereocenters. The highest BCUT2D eigenvalue weighted by molar-refractivity contribution is 7.99. The van der Waals surface area contributed by atoms with E-state index in [0.717, 1.165) is 0 Å². The van der Waals surface area contributed by atoms with Crippen molar-refractivity contribution in [3.63, 3.8) is 0 Å². The highest BCUT2D eigenvalue weighted by Gasteiger charge is 2.28. The second-order valence-corrected chi connectivity index (χ2v) is 7.90. The third-order valence-corrected chi connectivity index (χ3v) is 5.36. The molecule has 2 rings (SSSR count). The minimum atomic E-state index is -3.06. The molecule has 1 fully saturated rings. The van der Waals surface area contributed by atoms with E-state index >= 15 is 0 Å². The number of hydrogen-bond acceptors (Lipinski definition) is 4. The summed E-state index contributed by atoms with van der Waals surface area (Å²) in [5, 5.41) is 5.07. The molecule has 1 heterocycles. The Morgan fingerprint density at radius 2 is 2.14 bits per heavy atom. The summed E-state index contributed by atoms with van der Waals surface area (Å²) in [6.45, 7) is 0. The predicted octanol–water partition coefficient (Wildman–Crippen LogP) is 2.31. The van der Waals surface area contributed by atoms with Gasteiger partial charge in [0.1, 0.15) is 0 Å². The average Bonchev–Trinajstić information content (AvgIpc) is 2.67. The van der Waals surface area contributed by atoms with E-state index in [2.05, 4.69) is 10.6 Å². The van der Waals surface area contributed by atoms with Crippen molar-refractivity contribution < 1.29 is 22.0 Å². The Hall–Kier alpha value is -1.35. The molecule has 0 aliphatic carbocycles. The number of sulfone groups is 1. The lowest BCUT2D eigenvalue weighted by Gasteiger charge is -2.12. The molecule has 1 atom stereocenters. The van der Waals surface area contributed by atoms with Crippen molar-refractivity contribution in [3.05, 3.63) is 24.3 Å². The van der Waals surface area contributed by atoms with Gasteiger partial charge in [0.05, 0.1) is 11.5 Å². The molecular weight excluding hydrogens is 322 g/mol. The summed E-state index contributed by atoms with van der Waals surface area (Å²) in [4.78, 5) is 12.1. The number of urea groups is 1. The summed E-state index contributed by atoms with van der Waals surface area (Å²) in [6.07, 6.45) is 0.386. The van der Waals surface area contributed by atoms with Crippen LogP contribution in [0.1, 0.15) is 6.42 Å². The first kappa shape index (κ1) is 16.0. The molecular formula is C12H14F2N2O3S2. The van der Waals surface area contributed by atoms with E-state index in [4.69, 9.17) is 0 Å². The van der Waals surface area contributed by atoms with E-state index in [9.17, 15) is 22.0 Å². The number of hydrogen-bond donors (Lipinski definition) is 2. The topological polar surface area (TPSA) is 75.3 Å². The Balaban J connectivity index is 1.91. The predicted molar refractivity (Wildman–Crippen MR) is 77.5 cm³/mol. The molecule has 0 aromatic heterocycles. The molecule has 1 aliphatic heterocycles. The van der Waals surface area contributed by atoms with Gasteiger partial charge in [-0.05, 0) is 24.6 Å². The van der Waals surface area contributed by atoms with Crippen LogP contribution in [-0.2, 0) is 9.84 Å². The third-order valence-electron chi connectivity index (χ3n) is 2.88. The molecule has 1 aromatic rings. The molecule has 0 radical (unpaired) electrons. The van der Waals surface area contributed by atoms with E-state index in [1.54, 1.807) is 12.1 Å². The van der Waals surface area contributed by atoms with Gasteiger partial charge in [-0.3, -0.25) is 0 Å². The van der Waals surface area contributed by atoms with Gasteiger partial charge in [0.25, 0.3) is 5.76 Å². The van der Waals surface area contributed by atoms with Crippen LogP contribution in [-0.4, -0.2) is 37.8 Å². The first-order chi connectivity index (χ1) is 9.84. The van der Waals surface area contributed by atoms with Crippen molar-refractivity contribution in [2.75, 3.05) is 16.8 Å². The maximum atomic E-state index is 12.3. The van der Waals surface area contributed by atoms with Gasteiger partial charge < -0.3 is 10.6 Å². The van der Waals surface area contributed by atoms with Crippen molar-refractivity contribution >= 4 is 33.3 Å².